The highest BCUT2D eigenvalue weighted by Gasteiger charge is 2.53. The Kier molecular flexibility index (Phi) is 6.15. The van der Waals surface area contributed by atoms with E-state index in [1.807, 2.05) is 43.3 Å². The van der Waals surface area contributed by atoms with E-state index in [4.69, 9.17) is 4.74 Å². The van der Waals surface area contributed by atoms with Crippen molar-refractivity contribution >= 4 is 17.7 Å². The smallest absolute Gasteiger partial charge is 0.252 e. The maximum absolute atomic E-state index is 13.3. The molecule has 1 fully saturated rings. The second-order valence-electron chi connectivity index (χ2n) is 9.36. The van der Waals surface area contributed by atoms with E-state index in [2.05, 4.69) is 5.32 Å². The second kappa shape index (κ2) is 8.89. The van der Waals surface area contributed by atoms with Gasteiger partial charge in [0.05, 0.1) is 25.0 Å². The number of ether oxygens (including phenoxy) is 1. The standard InChI is InChI=1S/C26H31N3O4/c1-17-6-5-7-18(12-17)13-23(30)29-15-22(25(32)28(2)3)26(16-29)11-10-19-8-9-20(33-4)14-21(19)24(31)27-26/h5-9,12,14,22H,10-11,13,15-16H2,1-4H3,(H,27,31)/t22-,26+/m1/s1. The first-order valence-corrected chi connectivity index (χ1v) is 11.3. The number of likely N-dealkylation sites (tertiary alicyclic amines) is 1. The normalized spacial score (nSPS) is 21.9. The first-order valence-electron chi connectivity index (χ1n) is 11.3. The van der Waals surface area contributed by atoms with Crippen molar-refractivity contribution in [1.82, 2.24) is 15.1 Å². The number of carbonyl (C=O) groups is 3. The van der Waals surface area contributed by atoms with Crippen molar-refractivity contribution in [2.75, 3.05) is 34.3 Å². The summed E-state index contributed by atoms with van der Waals surface area (Å²) in [5.74, 6) is -0.237. The lowest BCUT2D eigenvalue weighted by molar-refractivity contribution is -0.134. The average Bonchev–Trinajstić information content (AvgIpc) is 3.09. The van der Waals surface area contributed by atoms with Crippen molar-refractivity contribution in [2.45, 2.75) is 31.7 Å². The van der Waals surface area contributed by atoms with Crippen molar-refractivity contribution in [3.05, 3.63) is 64.7 Å². The van der Waals surface area contributed by atoms with Crippen LogP contribution in [-0.2, 0) is 22.4 Å². The number of nitrogens with zero attached hydrogens (tertiary/aromatic N) is 2. The Morgan fingerprint density at radius 1 is 1.21 bits per heavy atom. The van der Waals surface area contributed by atoms with Crippen molar-refractivity contribution in [1.29, 1.82) is 0 Å². The number of hydrogen-bond donors (Lipinski definition) is 1. The third-order valence-electron chi connectivity index (χ3n) is 6.84. The number of hydrogen-bond acceptors (Lipinski definition) is 4. The van der Waals surface area contributed by atoms with E-state index >= 15 is 0 Å². The fourth-order valence-electron chi connectivity index (χ4n) is 5.04. The molecule has 33 heavy (non-hydrogen) atoms. The number of aryl methyl sites for hydroxylation is 2. The van der Waals surface area contributed by atoms with Gasteiger partial charge in [0.15, 0.2) is 0 Å². The molecular formula is C26H31N3O4. The summed E-state index contributed by atoms with van der Waals surface area (Å²) in [5.41, 5.74) is 2.72. The number of fused-ring (bicyclic) bond motifs is 1. The zero-order valence-electron chi connectivity index (χ0n) is 19.7. The van der Waals surface area contributed by atoms with E-state index in [0.717, 1.165) is 16.7 Å². The Hall–Kier alpha value is -3.35. The molecule has 1 N–H and O–H groups in total. The number of benzene rings is 2. The second-order valence-corrected chi connectivity index (χ2v) is 9.36. The molecule has 0 aromatic heterocycles. The first-order chi connectivity index (χ1) is 15.7. The third-order valence-corrected chi connectivity index (χ3v) is 6.84. The van der Waals surface area contributed by atoms with Crippen LogP contribution in [0.4, 0.5) is 0 Å². The molecule has 0 saturated carbocycles. The van der Waals surface area contributed by atoms with E-state index in [1.165, 1.54) is 0 Å². The van der Waals surface area contributed by atoms with E-state index in [9.17, 15) is 14.4 Å². The number of nitrogens with one attached hydrogen (secondary N) is 1. The molecule has 2 aromatic rings. The van der Waals surface area contributed by atoms with Crippen LogP contribution in [0.2, 0.25) is 0 Å². The predicted molar refractivity (Wildman–Crippen MR) is 125 cm³/mol. The van der Waals surface area contributed by atoms with Gasteiger partial charge in [-0.1, -0.05) is 35.9 Å². The van der Waals surface area contributed by atoms with Crippen LogP contribution in [0, 0.1) is 12.8 Å². The summed E-state index contributed by atoms with van der Waals surface area (Å²) < 4.78 is 5.30. The molecular weight excluding hydrogens is 418 g/mol. The summed E-state index contributed by atoms with van der Waals surface area (Å²) in [6.45, 7) is 2.61. The SMILES string of the molecule is COc1ccc2c(c1)C(=O)N[C@@]1(CC2)CN(C(=O)Cc2cccc(C)c2)C[C@@H]1C(=O)N(C)C. The molecule has 4 rings (SSSR count). The minimum atomic E-state index is -0.813. The monoisotopic (exact) mass is 449 g/mol. The lowest BCUT2D eigenvalue weighted by atomic mass is 9.81. The zero-order chi connectivity index (χ0) is 23.8. The summed E-state index contributed by atoms with van der Waals surface area (Å²) >= 11 is 0. The molecule has 2 heterocycles. The Bertz CT molecular complexity index is 1100. The predicted octanol–water partition coefficient (Wildman–Crippen LogP) is 2.21. The van der Waals surface area contributed by atoms with Crippen LogP contribution in [0.3, 0.4) is 0 Å². The minimum Gasteiger partial charge on any atom is -0.497 e. The van der Waals surface area contributed by atoms with E-state index in [-0.39, 0.29) is 24.1 Å². The lowest BCUT2D eigenvalue weighted by Crippen LogP contribution is -2.57. The Labute approximate surface area is 194 Å². The number of rotatable bonds is 4. The van der Waals surface area contributed by atoms with E-state index in [0.29, 0.717) is 37.2 Å². The Morgan fingerprint density at radius 3 is 2.70 bits per heavy atom. The number of methoxy groups -OCH3 is 1. The number of carbonyl (C=O) groups excluding carboxylic acids is 3. The van der Waals surface area contributed by atoms with Crippen LogP contribution < -0.4 is 10.1 Å². The number of amides is 3. The molecule has 1 saturated heterocycles. The quantitative estimate of drug-likeness (QED) is 0.776. The van der Waals surface area contributed by atoms with Gasteiger partial charge in [0.1, 0.15) is 5.75 Å². The molecule has 2 atom stereocenters. The molecule has 0 radical (unpaired) electrons. The summed E-state index contributed by atoms with van der Waals surface area (Å²) in [6.07, 6.45) is 1.48. The maximum atomic E-state index is 13.3. The highest BCUT2D eigenvalue weighted by molar-refractivity contribution is 5.98. The highest BCUT2D eigenvalue weighted by Crippen LogP contribution is 2.37. The highest BCUT2D eigenvalue weighted by atomic mass is 16.5. The van der Waals surface area contributed by atoms with E-state index < -0.39 is 11.5 Å². The van der Waals surface area contributed by atoms with Crippen LogP contribution in [0.5, 0.6) is 5.75 Å². The van der Waals surface area contributed by atoms with Crippen molar-refractivity contribution in [3.63, 3.8) is 0 Å². The molecule has 174 valence electrons. The maximum Gasteiger partial charge on any atom is 0.252 e. The van der Waals surface area contributed by atoms with Gasteiger partial charge in [0.25, 0.3) is 5.91 Å². The van der Waals surface area contributed by atoms with Crippen LogP contribution in [-0.4, -0.2) is 67.4 Å². The third kappa shape index (κ3) is 4.45. The minimum absolute atomic E-state index is 0.0355. The zero-order valence-corrected chi connectivity index (χ0v) is 19.7. The van der Waals surface area contributed by atoms with Gasteiger partial charge in [-0.05, 0) is 43.0 Å². The molecule has 7 heteroatoms. The van der Waals surface area contributed by atoms with Gasteiger partial charge in [0, 0.05) is 32.7 Å². The van der Waals surface area contributed by atoms with Crippen molar-refractivity contribution in [2.24, 2.45) is 5.92 Å². The molecule has 0 bridgehead atoms. The lowest BCUT2D eigenvalue weighted by Gasteiger charge is -2.34. The van der Waals surface area contributed by atoms with Crippen molar-refractivity contribution in [3.8, 4) is 5.75 Å². The summed E-state index contributed by atoms with van der Waals surface area (Å²) in [7, 11) is 5.00. The van der Waals surface area contributed by atoms with Gasteiger partial charge in [-0.15, -0.1) is 0 Å². The molecule has 3 amide bonds. The van der Waals surface area contributed by atoms with Crippen LogP contribution in [0.1, 0.15) is 33.5 Å². The molecule has 7 nitrogen and oxygen atoms in total. The topological polar surface area (TPSA) is 79.0 Å². The first kappa shape index (κ1) is 22.8. The largest absolute Gasteiger partial charge is 0.497 e. The molecule has 2 aliphatic heterocycles. The van der Waals surface area contributed by atoms with Gasteiger partial charge in [-0.2, -0.15) is 0 Å². The van der Waals surface area contributed by atoms with Gasteiger partial charge < -0.3 is 19.9 Å². The van der Waals surface area contributed by atoms with Gasteiger partial charge in [-0.25, -0.2) is 0 Å². The van der Waals surface area contributed by atoms with Crippen LogP contribution in [0.25, 0.3) is 0 Å². The average molecular weight is 450 g/mol. The summed E-state index contributed by atoms with van der Waals surface area (Å²) in [5, 5.41) is 3.17. The van der Waals surface area contributed by atoms with Crippen LogP contribution >= 0.6 is 0 Å². The fourth-order valence-corrected chi connectivity index (χ4v) is 5.04. The molecule has 0 unspecified atom stereocenters. The van der Waals surface area contributed by atoms with Gasteiger partial charge in [0.2, 0.25) is 11.8 Å². The summed E-state index contributed by atoms with van der Waals surface area (Å²) in [4.78, 5) is 43.0. The molecule has 1 spiro atoms. The van der Waals surface area contributed by atoms with Crippen LogP contribution in [0.15, 0.2) is 42.5 Å². The van der Waals surface area contributed by atoms with Gasteiger partial charge >= 0.3 is 0 Å². The molecule has 2 aliphatic rings. The van der Waals surface area contributed by atoms with E-state index in [1.54, 1.807) is 37.1 Å². The van der Waals surface area contributed by atoms with Gasteiger partial charge in [-0.3, -0.25) is 14.4 Å². The molecule has 0 aliphatic carbocycles. The molecule has 2 aromatic carbocycles. The Balaban J connectivity index is 1.63. The Morgan fingerprint density at radius 2 is 2.00 bits per heavy atom. The summed E-state index contributed by atoms with van der Waals surface area (Å²) in [6, 6.07) is 13.4. The van der Waals surface area contributed by atoms with Crippen molar-refractivity contribution < 1.29 is 19.1 Å². The fraction of sp³-hybridized carbons (Fsp3) is 0.423.